The molecule has 1 aromatic heterocycles. The standard InChI is InChI=1S/C15H22N4O3/c1-10-14-16-12(15(21)17-22)9-18(14)6-7-19(10)13(20)8-11-4-2-3-5-11/h9-11,22H,2-8H2,1H3,(H,17,21). The molecule has 1 aromatic rings. The maximum absolute atomic E-state index is 12.5. The molecule has 1 unspecified atom stereocenters. The Morgan fingerprint density at radius 2 is 2.09 bits per heavy atom. The predicted octanol–water partition coefficient (Wildman–Crippen LogP) is 1.49. The van der Waals surface area contributed by atoms with Crippen LogP contribution < -0.4 is 5.48 Å². The Balaban J connectivity index is 1.72. The Bertz CT molecular complexity index is 577. The molecule has 0 bridgehead atoms. The molecule has 1 saturated carbocycles. The summed E-state index contributed by atoms with van der Waals surface area (Å²) in [6.45, 7) is 3.20. The molecule has 0 saturated heterocycles. The first-order chi connectivity index (χ1) is 10.6. The smallest absolute Gasteiger partial charge is 0.294 e. The van der Waals surface area contributed by atoms with Crippen molar-refractivity contribution in [3.63, 3.8) is 0 Å². The van der Waals surface area contributed by atoms with Crippen molar-refractivity contribution in [2.75, 3.05) is 6.54 Å². The molecule has 7 nitrogen and oxygen atoms in total. The summed E-state index contributed by atoms with van der Waals surface area (Å²) in [6.07, 6.45) is 7.02. The van der Waals surface area contributed by atoms with Crippen molar-refractivity contribution in [1.29, 1.82) is 0 Å². The lowest BCUT2D eigenvalue weighted by Gasteiger charge is -2.34. The van der Waals surface area contributed by atoms with Crippen LogP contribution in [0, 0.1) is 5.92 Å². The van der Waals surface area contributed by atoms with Gasteiger partial charge in [0.1, 0.15) is 11.5 Å². The van der Waals surface area contributed by atoms with Gasteiger partial charge in [0.15, 0.2) is 0 Å². The molecule has 120 valence electrons. The molecule has 0 aromatic carbocycles. The number of hydrogen-bond acceptors (Lipinski definition) is 4. The first kappa shape index (κ1) is 15.0. The topological polar surface area (TPSA) is 87.5 Å². The zero-order chi connectivity index (χ0) is 15.7. The lowest BCUT2D eigenvalue weighted by atomic mass is 10.0. The van der Waals surface area contributed by atoms with E-state index in [-0.39, 0.29) is 17.6 Å². The number of carbonyl (C=O) groups excluding carboxylic acids is 2. The lowest BCUT2D eigenvalue weighted by molar-refractivity contribution is -0.135. The molecule has 1 aliphatic heterocycles. The number of hydroxylamine groups is 1. The van der Waals surface area contributed by atoms with Crippen LogP contribution in [0.4, 0.5) is 0 Å². The van der Waals surface area contributed by atoms with Gasteiger partial charge in [-0.25, -0.2) is 10.5 Å². The third kappa shape index (κ3) is 2.72. The summed E-state index contributed by atoms with van der Waals surface area (Å²) in [5.74, 6) is 0.779. The Morgan fingerprint density at radius 3 is 2.77 bits per heavy atom. The minimum absolute atomic E-state index is 0.150. The largest absolute Gasteiger partial charge is 0.331 e. The van der Waals surface area contributed by atoms with Crippen molar-refractivity contribution in [2.45, 2.75) is 51.6 Å². The first-order valence-electron chi connectivity index (χ1n) is 7.91. The van der Waals surface area contributed by atoms with E-state index in [9.17, 15) is 9.59 Å². The van der Waals surface area contributed by atoms with Gasteiger partial charge in [0.05, 0.1) is 6.04 Å². The van der Waals surface area contributed by atoms with Crippen LogP contribution in [0.25, 0.3) is 0 Å². The van der Waals surface area contributed by atoms with E-state index in [2.05, 4.69) is 4.98 Å². The van der Waals surface area contributed by atoms with E-state index in [0.29, 0.717) is 31.3 Å². The zero-order valence-corrected chi connectivity index (χ0v) is 12.8. The summed E-state index contributed by atoms with van der Waals surface area (Å²) < 4.78 is 1.88. The molecule has 0 spiro atoms. The van der Waals surface area contributed by atoms with Gasteiger partial charge in [-0.3, -0.25) is 14.8 Å². The van der Waals surface area contributed by atoms with Gasteiger partial charge in [-0.05, 0) is 25.7 Å². The summed E-state index contributed by atoms with van der Waals surface area (Å²) >= 11 is 0. The fourth-order valence-corrected chi connectivity index (χ4v) is 3.58. The maximum Gasteiger partial charge on any atom is 0.294 e. The summed E-state index contributed by atoms with van der Waals surface area (Å²) in [5, 5.41) is 8.70. The Morgan fingerprint density at radius 1 is 1.36 bits per heavy atom. The zero-order valence-electron chi connectivity index (χ0n) is 12.8. The van der Waals surface area contributed by atoms with Crippen molar-refractivity contribution in [2.24, 2.45) is 5.92 Å². The average molecular weight is 306 g/mol. The monoisotopic (exact) mass is 306 g/mol. The number of amides is 2. The molecule has 2 aliphatic rings. The van der Waals surface area contributed by atoms with Crippen LogP contribution >= 0.6 is 0 Å². The fraction of sp³-hybridized carbons (Fsp3) is 0.667. The van der Waals surface area contributed by atoms with E-state index in [1.807, 2.05) is 16.4 Å². The van der Waals surface area contributed by atoms with Crippen LogP contribution in [0.3, 0.4) is 0 Å². The van der Waals surface area contributed by atoms with E-state index < -0.39 is 5.91 Å². The van der Waals surface area contributed by atoms with Crippen LogP contribution in [0.5, 0.6) is 0 Å². The lowest BCUT2D eigenvalue weighted by Crippen LogP contribution is -2.41. The number of aromatic nitrogens is 2. The van der Waals surface area contributed by atoms with E-state index in [1.54, 1.807) is 11.7 Å². The van der Waals surface area contributed by atoms with Crippen molar-refractivity contribution in [3.05, 3.63) is 17.7 Å². The van der Waals surface area contributed by atoms with Gasteiger partial charge in [0.25, 0.3) is 5.91 Å². The van der Waals surface area contributed by atoms with Gasteiger partial charge in [-0.2, -0.15) is 0 Å². The van der Waals surface area contributed by atoms with Gasteiger partial charge in [-0.1, -0.05) is 12.8 Å². The SMILES string of the molecule is CC1c2nc(C(=O)NO)cn2CCN1C(=O)CC1CCCC1. The summed E-state index contributed by atoms with van der Waals surface area (Å²) in [4.78, 5) is 30.1. The molecule has 1 atom stereocenters. The molecule has 1 fully saturated rings. The fourth-order valence-electron chi connectivity index (χ4n) is 3.58. The Labute approximate surface area is 129 Å². The quantitative estimate of drug-likeness (QED) is 0.654. The number of nitrogens with zero attached hydrogens (tertiary/aromatic N) is 3. The van der Waals surface area contributed by atoms with Gasteiger partial charge in [-0.15, -0.1) is 0 Å². The molecule has 1 aliphatic carbocycles. The summed E-state index contributed by atoms with van der Waals surface area (Å²) in [5.41, 5.74) is 1.77. The molecule has 2 amide bonds. The number of fused-ring (bicyclic) bond motifs is 1. The van der Waals surface area contributed by atoms with E-state index in [1.165, 1.54) is 12.8 Å². The van der Waals surface area contributed by atoms with Crippen molar-refractivity contribution in [1.82, 2.24) is 19.9 Å². The highest BCUT2D eigenvalue weighted by Gasteiger charge is 2.31. The van der Waals surface area contributed by atoms with Crippen molar-refractivity contribution < 1.29 is 14.8 Å². The highest BCUT2D eigenvalue weighted by molar-refractivity contribution is 5.91. The van der Waals surface area contributed by atoms with Crippen LogP contribution in [-0.2, 0) is 11.3 Å². The highest BCUT2D eigenvalue weighted by atomic mass is 16.5. The van der Waals surface area contributed by atoms with Crippen molar-refractivity contribution in [3.8, 4) is 0 Å². The molecular weight excluding hydrogens is 284 g/mol. The molecule has 7 heteroatoms. The van der Waals surface area contributed by atoms with Crippen LogP contribution in [0.15, 0.2) is 6.20 Å². The second kappa shape index (κ2) is 6.08. The molecule has 0 radical (unpaired) electrons. The summed E-state index contributed by atoms with van der Waals surface area (Å²) in [6, 6.07) is -0.150. The molecule has 3 rings (SSSR count). The second-order valence-electron chi connectivity index (χ2n) is 6.24. The minimum atomic E-state index is -0.627. The molecule has 22 heavy (non-hydrogen) atoms. The number of rotatable bonds is 3. The van der Waals surface area contributed by atoms with E-state index in [0.717, 1.165) is 12.8 Å². The van der Waals surface area contributed by atoms with Crippen LogP contribution in [0.2, 0.25) is 0 Å². The molecule has 2 heterocycles. The third-order valence-electron chi connectivity index (χ3n) is 4.82. The maximum atomic E-state index is 12.5. The first-order valence-corrected chi connectivity index (χ1v) is 7.91. The van der Waals surface area contributed by atoms with Gasteiger partial charge < -0.3 is 9.47 Å². The van der Waals surface area contributed by atoms with E-state index >= 15 is 0 Å². The Kier molecular flexibility index (Phi) is 4.15. The molecule has 2 N–H and O–H groups in total. The second-order valence-corrected chi connectivity index (χ2v) is 6.24. The Hall–Kier alpha value is -1.89. The summed E-state index contributed by atoms with van der Waals surface area (Å²) in [7, 11) is 0. The van der Waals surface area contributed by atoms with Gasteiger partial charge in [0.2, 0.25) is 5.91 Å². The van der Waals surface area contributed by atoms with Gasteiger partial charge in [0, 0.05) is 25.7 Å². The van der Waals surface area contributed by atoms with Crippen LogP contribution in [0.1, 0.15) is 61.4 Å². The highest BCUT2D eigenvalue weighted by Crippen LogP contribution is 2.31. The number of nitrogens with one attached hydrogen (secondary N) is 1. The number of imidazole rings is 1. The van der Waals surface area contributed by atoms with Crippen molar-refractivity contribution >= 4 is 11.8 Å². The minimum Gasteiger partial charge on any atom is -0.331 e. The number of carbonyl (C=O) groups is 2. The predicted molar refractivity (Wildman–Crippen MR) is 78.2 cm³/mol. The third-order valence-corrected chi connectivity index (χ3v) is 4.82. The van der Waals surface area contributed by atoms with E-state index in [4.69, 9.17) is 5.21 Å². The molecular formula is C15H22N4O3. The normalized spacial score (nSPS) is 21.7. The van der Waals surface area contributed by atoms with Gasteiger partial charge >= 0.3 is 0 Å². The van der Waals surface area contributed by atoms with Crippen LogP contribution in [-0.4, -0.2) is 38.0 Å². The average Bonchev–Trinajstić information content (AvgIpc) is 3.16. The number of hydrogen-bond donors (Lipinski definition) is 2.